The molecule has 144 valence electrons. The number of aromatic nitrogens is 3. The molecule has 1 aliphatic rings. The van der Waals surface area contributed by atoms with Gasteiger partial charge in [-0.25, -0.2) is 0 Å². The summed E-state index contributed by atoms with van der Waals surface area (Å²) < 4.78 is 40.7. The zero-order chi connectivity index (χ0) is 19.9. The molecule has 0 bridgehead atoms. The summed E-state index contributed by atoms with van der Waals surface area (Å²) in [5.74, 6) is 0.396. The van der Waals surface area contributed by atoms with Crippen LogP contribution in [0.25, 0.3) is 5.65 Å². The Kier molecular flexibility index (Phi) is 4.63. The Bertz CT molecular complexity index is 1070. The molecule has 1 saturated heterocycles. The van der Waals surface area contributed by atoms with Crippen molar-refractivity contribution >= 4 is 22.9 Å². The van der Waals surface area contributed by atoms with Crippen LogP contribution in [0.1, 0.15) is 35.7 Å². The molecular formula is C19H15ClF3N5. The number of hydrogen-bond acceptors (Lipinski definition) is 4. The number of alkyl halides is 3. The minimum absolute atomic E-state index is 0.102. The Morgan fingerprint density at radius 3 is 2.75 bits per heavy atom. The number of hydrogen-bond donors (Lipinski definition) is 0. The van der Waals surface area contributed by atoms with Gasteiger partial charge in [-0.05, 0) is 43.2 Å². The first-order valence-electron chi connectivity index (χ1n) is 8.73. The topological polar surface area (TPSA) is 57.2 Å². The van der Waals surface area contributed by atoms with Gasteiger partial charge in [-0.1, -0.05) is 11.6 Å². The van der Waals surface area contributed by atoms with E-state index in [1.165, 1.54) is 10.5 Å². The monoisotopic (exact) mass is 405 g/mol. The van der Waals surface area contributed by atoms with Gasteiger partial charge in [-0.15, -0.1) is 10.2 Å². The highest BCUT2D eigenvalue weighted by molar-refractivity contribution is 6.30. The SMILES string of the molecule is N#Cc1cc(Cl)ccc1N1CCCC(c2nnc3ccc(C(F)(F)F)cn23)C1. The van der Waals surface area contributed by atoms with Gasteiger partial charge in [0.15, 0.2) is 5.65 Å². The van der Waals surface area contributed by atoms with Crippen LogP contribution >= 0.6 is 11.6 Å². The van der Waals surface area contributed by atoms with Gasteiger partial charge in [0.1, 0.15) is 11.9 Å². The van der Waals surface area contributed by atoms with Crippen molar-refractivity contribution in [2.75, 3.05) is 18.0 Å². The number of halogens is 4. The zero-order valence-corrected chi connectivity index (χ0v) is 15.4. The fraction of sp³-hybridized carbons (Fsp3) is 0.316. The molecule has 28 heavy (non-hydrogen) atoms. The van der Waals surface area contributed by atoms with Crippen molar-refractivity contribution in [2.24, 2.45) is 0 Å². The highest BCUT2D eigenvalue weighted by Crippen LogP contribution is 2.33. The van der Waals surface area contributed by atoms with Crippen molar-refractivity contribution < 1.29 is 13.2 Å². The number of fused-ring (bicyclic) bond motifs is 1. The maximum atomic E-state index is 13.1. The van der Waals surface area contributed by atoms with Crippen LogP contribution in [-0.2, 0) is 6.18 Å². The second kappa shape index (κ2) is 6.99. The smallest absolute Gasteiger partial charge is 0.370 e. The van der Waals surface area contributed by atoms with Gasteiger partial charge in [0.05, 0.1) is 16.8 Å². The predicted molar refractivity (Wildman–Crippen MR) is 98.3 cm³/mol. The van der Waals surface area contributed by atoms with Crippen molar-refractivity contribution in [1.82, 2.24) is 14.6 Å². The highest BCUT2D eigenvalue weighted by Gasteiger charge is 2.32. The lowest BCUT2D eigenvalue weighted by Crippen LogP contribution is -2.35. The second-order valence-electron chi connectivity index (χ2n) is 6.76. The number of nitrogens with zero attached hydrogens (tertiary/aromatic N) is 5. The van der Waals surface area contributed by atoms with Crippen LogP contribution in [0.3, 0.4) is 0 Å². The number of pyridine rings is 1. The summed E-state index contributed by atoms with van der Waals surface area (Å²) in [5, 5.41) is 18.1. The third-order valence-corrected chi connectivity index (χ3v) is 5.20. The Labute approximate surface area is 164 Å². The molecular weight excluding hydrogens is 391 g/mol. The van der Waals surface area contributed by atoms with Crippen LogP contribution in [0.5, 0.6) is 0 Å². The van der Waals surface area contributed by atoms with Gasteiger partial charge in [-0.2, -0.15) is 18.4 Å². The zero-order valence-electron chi connectivity index (χ0n) is 14.6. The first-order chi connectivity index (χ1) is 13.4. The lowest BCUT2D eigenvalue weighted by molar-refractivity contribution is -0.137. The van der Waals surface area contributed by atoms with E-state index in [1.807, 2.05) is 0 Å². The van der Waals surface area contributed by atoms with Crippen molar-refractivity contribution in [2.45, 2.75) is 24.9 Å². The lowest BCUT2D eigenvalue weighted by atomic mass is 9.96. The van der Waals surface area contributed by atoms with Gasteiger partial charge in [0.25, 0.3) is 0 Å². The van der Waals surface area contributed by atoms with Crippen molar-refractivity contribution in [3.63, 3.8) is 0 Å². The standard InChI is InChI=1S/C19H15ClF3N5/c20-15-4-5-16(13(8-15)9-24)27-7-1-2-12(10-27)18-26-25-17-6-3-14(11-28(17)18)19(21,22)23/h3-6,8,11-12H,1-2,7,10H2. The summed E-state index contributed by atoms with van der Waals surface area (Å²) in [5.41, 5.74) is 0.877. The molecule has 0 amide bonds. The first-order valence-corrected chi connectivity index (χ1v) is 9.11. The molecule has 1 aromatic carbocycles. The lowest BCUT2D eigenvalue weighted by Gasteiger charge is -2.34. The largest absolute Gasteiger partial charge is 0.417 e. The Hall–Kier alpha value is -2.79. The number of anilines is 1. The summed E-state index contributed by atoms with van der Waals surface area (Å²) in [6.45, 7) is 1.28. The molecule has 5 nitrogen and oxygen atoms in total. The number of nitriles is 1. The van der Waals surface area contributed by atoms with E-state index in [0.29, 0.717) is 28.6 Å². The van der Waals surface area contributed by atoms with Gasteiger partial charge < -0.3 is 4.90 Å². The Balaban J connectivity index is 1.68. The van der Waals surface area contributed by atoms with Crippen molar-refractivity contribution in [1.29, 1.82) is 5.26 Å². The molecule has 0 N–H and O–H groups in total. The highest BCUT2D eigenvalue weighted by atomic mass is 35.5. The normalized spacial score (nSPS) is 17.7. The molecule has 0 spiro atoms. The van der Waals surface area contributed by atoms with E-state index < -0.39 is 11.7 Å². The quantitative estimate of drug-likeness (QED) is 0.622. The van der Waals surface area contributed by atoms with E-state index in [2.05, 4.69) is 21.2 Å². The van der Waals surface area contributed by atoms with E-state index >= 15 is 0 Å². The molecule has 1 unspecified atom stereocenters. The van der Waals surface area contributed by atoms with E-state index in [9.17, 15) is 18.4 Å². The minimum Gasteiger partial charge on any atom is -0.370 e. The molecule has 0 saturated carbocycles. The fourth-order valence-corrected chi connectivity index (χ4v) is 3.81. The number of piperidine rings is 1. The van der Waals surface area contributed by atoms with Crippen LogP contribution in [-0.4, -0.2) is 27.7 Å². The Morgan fingerprint density at radius 2 is 2.00 bits per heavy atom. The third-order valence-electron chi connectivity index (χ3n) is 4.96. The number of benzene rings is 1. The Morgan fingerprint density at radius 1 is 1.18 bits per heavy atom. The molecule has 0 aliphatic carbocycles. The average molecular weight is 406 g/mol. The number of rotatable bonds is 2. The van der Waals surface area contributed by atoms with Gasteiger partial charge in [-0.3, -0.25) is 4.40 Å². The average Bonchev–Trinajstić information content (AvgIpc) is 3.10. The summed E-state index contributed by atoms with van der Waals surface area (Å²) >= 11 is 5.98. The molecule has 1 aliphatic heterocycles. The molecule has 2 aromatic heterocycles. The molecule has 1 atom stereocenters. The summed E-state index contributed by atoms with van der Waals surface area (Å²) in [6, 6.07) is 9.62. The molecule has 3 heterocycles. The van der Waals surface area contributed by atoms with Crippen LogP contribution in [0.15, 0.2) is 36.5 Å². The molecule has 0 radical (unpaired) electrons. The first kappa shape index (κ1) is 18.6. The van der Waals surface area contributed by atoms with Gasteiger partial charge in [0, 0.05) is 30.2 Å². The third kappa shape index (κ3) is 3.38. The van der Waals surface area contributed by atoms with E-state index in [4.69, 9.17) is 11.6 Å². The second-order valence-corrected chi connectivity index (χ2v) is 7.20. The summed E-state index contributed by atoms with van der Waals surface area (Å²) in [7, 11) is 0. The van der Waals surface area contributed by atoms with E-state index in [1.54, 1.807) is 18.2 Å². The molecule has 9 heteroatoms. The maximum Gasteiger partial charge on any atom is 0.417 e. The summed E-state index contributed by atoms with van der Waals surface area (Å²) in [6.07, 6.45) is -1.78. The molecule has 3 aromatic rings. The van der Waals surface area contributed by atoms with Crippen molar-refractivity contribution in [3.8, 4) is 6.07 Å². The van der Waals surface area contributed by atoms with E-state index in [0.717, 1.165) is 37.3 Å². The minimum atomic E-state index is -4.43. The van der Waals surface area contributed by atoms with Crippen LogP contribution in [0.4, 0.5) is 18.9 Å². The van der Waals surface area contributed by atoms with Gasteiger partial charge in [0.2, 0.25) is 0 Å². The van der Waals surface area contributed by atoms with Gasteiger partial charge >= 0.3 is 6.18 Å². The van der Waals surface area contributed by atoms with Crippen molar-refractivity contribution in [3.05, 3.63) is 58.5 Å². The molecule has 4 rings (SSSR count). The predicted octanol–water partition coefficient (Wildman–Crippen LogP) is 4.66. The van der Waals surface area contributed by atoms with Crippen LogP contribution in [0.2, 0.25) is 5.02 Å². The molecule has 1 fully saturated rings. The maximum absolute atomic E-state index is 13.1. The van der Waals surface area contributed by atoms with E-state index in [-0.39, 0.29) is 5.92 Å². The fourth-order valence-electron chi connectivity index (χ4n) is 3.63. The van der Waals surface area contributed by atoms with Crippen LogP contribution < -0.4 is 4.90 Å². The summed E-state index contributed by atoms with van der Waals surface area (Å²) in [4.78, 5) is 2.05. The van der Waals surface area contributed by atoms with Crippen LogP contribution in [0, 0.1) is 11.3 Å².